The number of thioether (sulfide) groups is 1. The molecule has 3 nitrogen and oxygen atoms in total. The molecule has 5 heteroatoms. The van der Waals surface area contributed by atoms with Crippen LogP contribution >= 0.6 is 24.0 Å². The number of thiocarbonyl (C=S) groups is 1. The van der Waals surface area contributed by atoms with E-state index in [0.717, 1.165) is 21.9 Å². The van der Waals surface area contributed by atoms with Crippen LogP contribution in [0.2, 0.25) is 0 Å². The molecule has 0 amide bonds. The van der Waals surface area contributed by atoms with Gasteiger partial charge in [0.15, 0.2) is 0 Å². The minimum atomic E-state index is 0.409. The molecule has 2 rings (SSSR count). The lowest BCUT2D eigenvalue weighted by atomic mass is 10.2. The van der Waals surface area contributed by atoms with Crippen molar-refractivity contribution in [1.29, 1.82) is 0 Å². The molecule has 1 aromatic heterocycles. The SMILES string of the molecule is CCSc1cccc(-n2cccn2)c1C(N)=S. The number of nitrogens with two attached hydrogens (primary N) is 1. The molecule has 0 aliphatic rings. The predicted molar refractivity (Wildman–Crippen MR) is 75.8 cm³/mol. The molecule has 0 saturated carbocycles. The zero-order valence-electron chi connectivity index (χ0n) is 9.46. The second-order valence-corrected chi connectivity index (χ2v) is 5.14. The quantitative estimate of drug-likeness (QED) is 0.680. The Morgan fingerprint density at radius 1 is 1.47 bits per heavy atom. The third-order valence-electron chi connectivity index (χ3n) is 2.30. The fraction of sp³-hybridized carbons (Fsp3) is 0.167. The van der Waals surface area contributed by atoms with E-state index in [1.165, 1.54) is 0 Å². The Morgan fingerprint density at radius 3 is 2.88 bits per heavy atom. The number of hydrogen-bond donors (Lipinski definition) is 1. The third kappa shape index (κ3) is 2.50. The van der Waals surface area contributed by atoms with E-state index in [2.05, 4.69) is 12.0 Å². The minimum Gasteiger partial charge on any atom is -0.389 e. The molecule has 0 radical (unpaired) electrons. The van der Waals surface area contributed by atoms with Gasteiger partial charge in [-0.3, -0.25) is 0 Å². The van der Waals surface area contributed by atoms with E-state index < -0.39 is 0 Å². The minimum absolute atomic E-state index is 0.409. The highest BCUT2D eigenvalue weighted by atomic mass is 32.2. The molecule has 1 heterocycles. The summed E-state index contributed by atoms with van der Waals surface area (Å²) in [5.41, 5.74) is 7.66. The third-order valence-corrected chi connectivity index (χ3v) is 3.45. The normalized spacial score (nSPS) is 10.4. The van der Waals surface area contributed by atoms with Gasteiger partial charge in [0, 0.05) is 22.9 Å². The molecule has 2 aromatic rings. The van der Waals surface area contributed by atoms with Crippen LogP contribution in [-0.2, 0) is 0 Å². The van der Waals surface area contributed by atoms with E-state index >= 15 is 0 Å². The Morgan fingerprint density at radius 2 is 2.29 bits per heavy atom. The topological polar surface area (TPSA) is 43.8 Å². The smallest absolute Gasteiger partial charge is 0.107 e. The molecule has 0 unspecified atom stereocenters. The molecule has 0 aliphatic carbocycles. The van der Waals surface area contributed by atoms with Gasteiger partial charge in [-0.05, 0) is 24.0 Å². The summed E-state index contributed by atoms with van der Waals surface area (Å²) in [6.07, 6.45) is 3.63. The first-order chi connectivity index (χ1) is 8.24. The number of benzene rings is 1. The average Bonchev–Trinajstić information content (AvgIpc) is 2.82. The van der Waals surface area contributed by atoms with Crippen molar-refractivity contribution in [3.63, 3.8) is 0 Å². The average molecular weight is 263 g/mol. The molecular weight excluding hydrogens is 250 g/mol. The van der Waals surface area contributed by atoms with Gasteiger partial charge in [-0.25, -0.2) is 4.68 Å². The maximum atomic E-state index is 5.83. The summed E-state index contributed by atoms with van der Waals surface area (Å²) in [6.45, 7) is 2.11. The second kappa shape index (κ2) is 5.33. The summed E-state index contributed by atoms with van der Waals surface area (Å²) in [5, 5.41) is 4.22. The van der Waals surface area contributed by atoms with Crippen LogP contribution in [-0.4, -0.2) is 20.5 Å². The molecule has 0 fully saturated rings. The van der Waals surface area contributed by atoms with Gasteiger partial charge in [0.1, 0.15) is 4.99 Å². The summed E-state index contributed by atoms with van der Waals surface area (Å²) in [4.78, 5) is 1.51. The maximum Gasteiger partial charge on any atom is 0.107 e. The number of rotatable bonds is 4. The largest absolute Gasteiger partial charge is 0.389 e. The Labute approximate surface area is 110 Å². The van der Waals surface area contributed by atoms with Crippen LogP contribution in [0.4, 0.5) is 0 Å². The monoisotopic (exact) mass is 263 g/mol. The second-order valence-electron chi connectivity index (χ2n) is 3.40. The van der Waals surface area contributed by atoms with Gasteiger partial charge in [-0.1, -0.05) is 25.2 Å². The molecule has 0 aliphatic heterocycles. The maximum absolute atomic E-state index is 5.83. The number of aromatic nitrogens is 2. The van der Waals surface area contributed by atoms with Crippen LogP contribution < -0.4 is 5.73 Å². The van der Waals surface area contributed by atoms with Crippen molar-refractivity contribution < 1.29 is 0 Å². The van der Waals surface area contributed by atoms with Crippen molar-refractivity contribution in [1.82, 2.24) is 9.78 Å². The van der Waals surface area contributed by atoms with Crippen LogP contribution in [0.25, 0.3) is 5.69 Å². The number of hydrogen-bond acceptors (Lipinski definition) is 3. The van der Waals surface area contributed by atoms with Crippen molar-refractivity contribution in [3.05, 3.63) is 42.2 Å². The first kappa shape index (κ1) is 12.1. The van der Waals surface area contributed by atoms with E-state index in [1.807, 2.05) is 30.5 Å². The predicted octanol–water partition coefficient (Wildman–Crippen LogP) is 2.62. The molecular formula is C12H13N3S2. The summed E-state index contributed by atoms with van der Waals surface area (Å²) in [5.74, 6) is 0.984. The fourth-order valence-corrected chi connectivity index (χ4v) is 2.77. The first-order valence-corrected chi connectivity index (χ1v) is 6.69. The standard InChI is InChI=1S/C12H13N3S2/c1-2-17-10-6-3-5-9(11(10)12(13)16)15-8-4-7-14-15/h3-8H,2H2,1H3,(H2,13,16). The Kier molecular flexibility index (Phi) is 3.81. The van der Waals surface area contributed by atoms with Crippen LogP contribution in [0.5, 0.6) is 0 Å². The van der Waals surface area contributed by atoms with Crippen molar-refractivity contribution in [2.75, 3.05) is 5.75 Å². The van der Waals surface area contributed by atoms with Gasteiger partial charge in [0.2, 0.25) is 0 Å². The van der Waals surface area contributed by atoms with Crippen molar-refractivity contribution in [2.24, 2.45) is 5.73 Å². The molecule has 0 saturated heterocycles. The molecule has 0 spiro atoms. The zero-order valence-corrected chi connectivity index (χ0v) is 11.1. The highest BCUT2D eigenvalue weighted by Crippen LogP contribution is 2.27. The molecule has 0 bridgehead atoms. The zero-order chi connectivity index (χ0) is 12.3. The highest BCUT2D eigenvalue weighted by molar-refractivity contribution is 7.99. The number of nitrogens with zero attached hydrogens (tertiary/aromatic N) is 2. The highest BCUT2D eigenvalue weighted by Gasteiger charge is 2.12. The lowest BCUT2D eigenvalue weighted by Gasteiger charge is -2.12. The first-order valence-electron chi connectivity index (χ1n) is 5.29. The van der Waals surface area contributed by atoms with E-state index in [1.54, 1.807) is 22.6 Å². The van der Waals surface area contributed by atoms with Crippen LogP contribution in [0, 0.1) is 0 Å². The molecule has 17 heavy (non-hydrogen) atoms. The van der Waals surface area contributed by atoms with Crippen LogP contribution in [0.3, 0.4) is 0 Å². The van der Waals surface area contributed by atoms with Gasteiger partial charge in [-0.2, -0.15) is 5.10 Å². The van der Waals surface area contributed by atoms with E-state index in [9.17, 15) is 0 Å². The molecule has 2 N–H and O–H groups in total. The lowest BCUT2D eigenvalue weighted by Crippen LogP contribution is -2.15. The van der Waals surface area contributed by atoms with Gasteiger partial charge in [0.25, 0.3) is 0 Å². The van der Waals surface area contributed by atoms with Crippen molar-refractivity contribution >= 4 is 29.0 Å². The summed E-state index contributed by atoms with van der Waals surface area (Å²) in [6, 6.07) is 7.89. The molecule has 0 atom stereocenters. The van der Waals surface area contributed by atoms with Crippen LogP contribution in [0.1, 0.15) is 12.5 Å². The van der Waals surface area contributed by atoms with Gasteiger partial charge >= 0.3 is 0 Å². The summed E-state index contributed by atoms with van der Waals surface area (Å²) in [7, 11) is 0. The van der Waals surface area contributed by atoms with Gasteiger partial charge < -0.3 is 5.73 Å². The Balaban J connectivity index is 2.59. The Hall–Kier alpha value is -1.33. The molecule has 1 aromatic carbocycles. The van der Waals surface area contributed by atoms with Crippen molar-refractivity contribution in [2.45, 2.75) is 11.8 Å². The van der Waals surface area contributed by atoms with Crippen LogP contribution in [0.15, 0.2) is 41.6 Å². The van der Waals surface area contributed by atoms with Crippen molar-refractivity contribution in [3.8, 4) is 5.69 Å². The van der Waals surface area contributed by atoms with E-state index in [-0.39, 0.29) is 0 Å². The molecule has 88 valence electrons. The lowest BCUT2D eigenvalue weighted by molar-refractivity contribution is 0.875. The summed E-state index contributed by atoms with van der Waals surface area (Å²) < 4.78 is 1.79. The van der Waals surface area contributed by atoms with Gasteiger partial charge in [0.05, 0.1) is 5.69 Å². The summed E-state index contributed by atoms with van der Waals surface area (Å²) >= 11 is 6.88. The fourth-order valence-electron chi connectivity index (χ4n) is 1.65. The van der Waals surface area contributed by atoms with Gasteiger partial charge in [-0.15, -0.1) is 11.8 Å². The van der Waals surface area contributed by atoms with E-state index in [0.29, 0.717) is 4.99 Å². The Bertz CT molecular complexity index is 521. The van der Waals surface area contributed by atoms with E-state index in [4.69, 9.17) is 18.0 Å².